The van der Waals surface area contributed by atoms with Crippen LogP contribution < -0.4 is 10.6 Å². The Labute approximate surface area is 84.9 Å². The summed E-state index contributed by atoms with van der Waals surface area (Å²) in [4.78, 5) is 6.67. The Bertz CT molecular complexity index is 324. The lowest BCUT2D eigenvalue weighted by Crippen LogP contribution is -2.37. The average molecular weight is 191 g/mol. The van der Waals surface area contributed by atoms with Gasteiger partial charge in [-0.2, -0.15) is 0 Å². The molecule has 0 radical (unpaired) electrons. The van der Waals surface area contributed by atoms with Crippen molar-refractivity contribution in [1.29, 1.82) is 0 Å². The largest absolute Gasteiger partial charge is 0.352 e. The van der Waals surface area contributed by atoms with Crippen molar-refractivity contribution in [2.24, 2.45) is 5.73 Å². The maximum atomic E-state index is 5.97. The predicted molar refractivity (Wildman–Crippen MR) is 58.4 cm³/mol. The molecule has 2 heterocycles. The minimum absolute atomic E-state index is 0.289. The molecule has 0 aromatic carbocycles. The van der Waals surface area contributed by atoms with E-state index >= 15 is 0 Å². The Kier molecular flexibility index (Phi) is 2.42. The zero-order valence-corrected chi connectivity index (χ0v) is 8.77. The van der Waals surface area contributed by atoms with Crippen molar-refractivity contribution in [3.8, 4) is 0 Å². The van der Waals surface area contributed by atoms with Crippen molar-refractivity contribution in [1.82, 2.24) is 4.98 Å². The van der Waals surface area contributed by atoms with Gasteiger partial charge in [-0.3, -0.25) is 0 Å². The number of hydrogen-bond acceptors (Lipinski definition) is 3. The Morgan fingerprint density at radius 2 is 2.36 bits per heavy atom. The number of anilines is 1. The van der Waals surface area contributed by atoms with E-state index in [2.05, 4.69) is 29.8 Å². The third kappa shape index (κ3) is 1.60. The number of rotatable bonds is 1. The number of pyridine rings is 1. The minimum Gasteiger partial charge on any atom is -0.352 e. The Hall–Kier alpha value is -1.09. The summed E-state index contributed by atoms with van der Waals surface area (Å²) in [5, 5.41) is 0. The summed E-state index contributed by atoms with van der Waals surface area (Å²) in [6, 6.07) is 4.83. The second-order valence-corrected chi connectivity index (χ2v) is 4.08. The number of aromatic nitrogens is 1. The fourth-order valence-corrected chi connectivity index (χ4v) is 1.96. The Morgan fingerprint density at radius 1 is 1.57 bits per heavy atom. The molecule has 1 aromatic heterocycles. The van der Waals surface area contributed by atoms with Crippen molar-refractivity contribution < 1.29 is 0 Å². The summed E-state index contributed by atoms with van der Waals surface area (Å²) >= 11 is 0. The summed E-state index contributed by atoms with van der Waals surface area (Å²) in [5.74, 6) is 1.06. The summed E-state index contributed by atoms with van der Waals surface area (Å²) in [6.07, 6.45) is 2.93. The van der Waals surface area contributed by atoms with Gasteiger partial charge >= 0.3 is 0 Å². The predicted octanol–water partition coefficient (Wildman–Crippen LogP) is 1.32. The quantitative estimate of drug-likeness (QED) is 0.728. The van der Waals surface area contributed by atoms with Gasteiger partial charge in [-0.1, -0.05) is 0 Å². The van der Waals surface area contributed by atoms with E-state index in [0.29, 0.717) is 6.04 Å². The van der Waals surface area contributed by atoms with Crippen LogP contribution in [-0.2, 0) is 0 Å². The molecule has 3 nitrogen and oxygen atoms in total. The van der Waals surface area contributed by atoms with Crippen molar-refractivity contribution in [3.63, 3.8) is 0 Å². The zero-order valence-electron chi connectivity index (χ0n) is 8.77. The maximum absolute atomic E-state index is 5.97. The van der Waals surface area contributed by atoms with Crippen molar-refractivity contribution >= 4 is 5.82 Å². The third-order valence-corrected chi connectivity index (χ3v) is 3.01. The summed E-state index contributed by atoms with van der Waals surface area (Å²) in [7, 11) is 0. The first-order valence-corrected chi connectivity index (χ1v) is 5.13. The molecule has 0 amide bonds. The van der Waals surface area contributed by atoms with Crippen LogP contribution in [-0.4, -0.2) is 23.6 Å². The highest BCUT2D eigenvalue weighted by atomic mass is 15.2. The fraction of sp³-hybridized carbons (Fsp3) is 0.545. The van der Waals surface area contributed by atoms with E-state index in [1.165, 1.54) is 5.56 Å². The first-order chi connectivity index (χ1) is 6.68. The first kappa shape index (κ1) is 9.46. The van der Waals surface area contributed by atoms with Crippen LogP contribution in [0.25, 0.3) is 0 Å². The molecule has 2 N–H and O–H groups in total. The molecule has 2 unspecified atom stereocenters. The van der Waals surface area contributed by atoms with Crippen LogP contribution in [0, 0.1) is 6.92 Å². The third-order valence-electron chi connectivity index (χ3n) is 3.01. The molecule has 76 valence electrons. The molecule has 2 rings (SSSR count). The van der Waals surface area contributed by atoms with Gasteiger partial charge in [-0.25, -0.2) is 4.98 Å². The molecule has 1 aliphatic heterocycles. The summed E-state index contributed by atoms with van der Waals surface area (Å²) < 4.78 is 0. The van der Waals surface area contributed by atoms with E-state index in [0.717, 1.165) is 18.8 Å². The Morgan fingerprint density at radius 3 is 2.93 bits per heavy atom. The monoisotopic (exact) mass is 191 g/mol. The molecule has 0 saturated carbocycles. The smallest absolute Gasteiger partial charge is 0.129 e. The number of nitrogens with two attached hydrogens (primary N) is 1. The summed E-state index contributed by atoms with van der Waals surface area (Å²) in [6.45, 7) is 5.28. The van der Waals surface area contributed by atoms with E-state index < -0.39 is 0 Å². The van der Waals surface area contributed by atoms with Crippen LogP contribution in [0.15, 0.2) is 18.3 Å². The van der Waals surface area contributed by atoms with Crippen LogP contribution in [0.2, 0.25) is 0 Å². The molecular formula is C11H17N3. The second-order valence-electron chi connectivity index (χ2n) is 4.08. The lowest BCUT2D eigenvalue weighted by Gasteiger charge is -2.24. The highest BCUT2D eigenvalue weighted by molar-refractivity contribution is 5.43. The van der Waals surface area contributed by atoms with E-state index in [-0.39, 0.29) is 6.04 Å². The molecule has 0 aliphatic carbocycles. The molecule has 1 aliphatic rings. The van der Waals surface area contributed by atoms with Crippen LogP contribution in [0.3, 0.4) is 0 Å². The van der Waals surface area contributed by atoms with Gasteiger partial charge in [0.15, 0.2) is 0 Å². The van der Waals surface area contributed by atoms with Crippen molar-refractivity contribution in [2.75, 3.05) is 11.4 Å². The van der Waals surface area contributed by atoms with Gasteiger partial charge in [0.1, 0.15) is 5.82 Å². The maximum Gasteiger partial charge on any atom is 0.129 e. The van der Waals surface area contributed by atoms with E-state index in [9.17, 15) is 0 Å². The molecule has 1 saturated heterocycles. The normalized spacial score (nSPS) is 26.9. The SMILES string of the molecule is Cc1ccnc(N2CCC(N)C2C)c1. The number of aryl methyl sites for hydroxylation is 1. The number of hydrogen-bond donors (Lipinski definition) is 1. The second kappa shape index (κ2) is 3.58. The van der Waals surface area contributed by atoms with E-state index in [1.807, 2.05) is 12.3 Å². The highest BCUT2D eigenvalue weighted by Crippen LogP contribution is 2.22. The van der Waals surface area contributed by atoms with Gasteiger partial charge in [0.05, 0.1) is 0 Å². The van der Waals surface area contributed by atoms with Crippen LogP contribution in [0.4, 0.5) is 5.82 Å². The lowest BCUT2D eigenvalue weighted by molar-refractivity contribution is 0.621. The lowest BCUT2D eigenvalue weighted by atomic mass is 10.2. The molecule has 1 fully saturated rings. The first-order valence-electron chi connectivity index (χ1n) is 5.13. The highest BCUT2D eigenvalue weighted by Gasteiger charge is 2.28. The Balaban J connectivity index is 2.23. The van der Waals surface area contributed by atoms with Gasteiger partial charge in [-0.05, 0) is 38.0 Å². The van der Waals surface area contributed by atoms with Crippen LogP contribution in [0.1, 0.15) is 18.9 Å². The molecule has 3 heteroatoms. The van der Waals surface area contributed by atoms with Gasteiger partial charge in [-0.15, -0.1) is 0 Å². The topological polar surface area (TPSA) is 42.2 Å². The van der Waals surface area contributed by atoms with Crippen LogP contribution >= 0.6 is 0 Å². The van der Waals surface area contributed by atoms with Crippen LogP contribution in [0.5, 0.6) is 0 Å². The molecule has 0 spiro atoms. The van der Waals surface area contributed by atoms with E-state index in [1.54, 1.807) is 0 Å². The summed E-state index contributed by atoms with van der Waals surface area (Å²) in [5.41, 5.74) is 7.23. The fourth-order valence-electron chi connectivity index (χ4n) is 1.96. The zero-order chi connectivity index (χ0) is 10.1. The van der Waals surface area contributed by atoms with Gasteiger partial charge in [0, 0.05) is 24.8 Å². The van der Waals surface area contributed by atoms with Crippen molar-refractivity contribution in [2.45, 2.75) is 32.4 Å². The average Bonchev–Trinajstić information content (AvgIpc) is 2.48. The molecule has 0 bridgehead atoms. The molecule has 2 atom stereocenters. The van der Waals surface area contributed by atoms with Gasteiger partial charge in [0.25, 0.3) is 0 Å². The van der Waals surface area contributed by atoms with Gasteiger partial charge < -0.3 is 10.6 Å². The van der Waals surface area contributed by atoms with E-state index in [4.69, 9.17) is 5.73 Å². The molecular weight excluding hydrogens is 174 g/mol. The molecule has 14 heavy (non-hydrogen) atoms. The van der Waals surface area contributed by atoms with Gasteiger partial charge in [0.2, 0.25) is 0 Å². The number of nitrogens with zero attached hydrogens (tertiary/aromatic N) is 2. The standard InChI is InChI=1S/C11H17N3/c1-8-3-5-13-11(7-8)14-6-4-10(12)9(14)2/h3,5,7,9-10H,4,6,12H2,1-2H3. The molecule has 1 aromatic rings. The minimum atomic E-state index is 0.289. The van der Waals surface area contributed by atoms with Crippen molar-refractivity contribution in [3.05, 3.63) is 23.9 Å².